The van der Waals surface area contributed by atoms with Gasteiger partial charge in [-0.2, -0.15) is 0 Å². The number of carbonyl (C=O) groups excluding carboxylic acids is 2. The summed E-state index contributed by atoms with van der Waals surface area (Å²) in [4.78, 5) is 23.0. The first-order valence-electron chi connectivity index (χ1n) is 7.87. The number of hydrogen-bond donors (Lipinski definition) is 0. The normalized spacial score (nSPS) is 12.6. The van der Waals surface area contributed by atoms with Gasteiger partial charge < -0.3 is 9.47 Å². The van der Waals surface area contributed by atoms with E-state index in [1.165, 1.54) is 7.11 Å². The molecular formula is C19H24O4. The van der Waals surface area contributed by atoms with Crippen molar-refractivity contribution in [1.29, 1.82) is 0 Å². The molecule has 0 amide bonds. The molecule has 1 aromatic rings. The van der Waals surface area contributed by atoms with Crippen molar-refractivity contribution in [2.75, 3.05) is 7.11 Å². The smallest absolute Gasteiger partial charge is 0.338 e. The van der Waals surface area contributed by atoms with Gasteiger partial charge in [0.15, 0.2) is 0 Å². The van der Waals surface area contributed by atoms with E-state index >= 15 is 0 Å². The summed E-state index contributed by atoms with van der Waals surface area (Å²) in [5.41, 5.74) is 2.37. The predicted molar refractivity (Wildman–Crippen MR) is 89.8 cm³/mol. The van der Waals surface area contributed by atoms with Crippen LogP contribution < -0.4 is 0 Å². The van der Waals surface area contributed by atoms with Crippen LogP contribution in [-0.2, 0) is 32.1 Å². The molecule has 4 heteroatoms. The fraction of sp³-hybridized carbons (Fsp3) is 0.368. The summed E-state index contributed by atoms with van der Waals surface area (Å²) in [6, 6.07) is 7.35. The first-order chi connectivity index (χ1) is 11.2. The highest BCUT2D eigenvalue weighted by Crippen LogP contribution is 2.13. The standard InChI is InChI=1S/C17H18O4.C2H6/c1-20-16(18)11-13-7-9-14(10-8-13)12-21-17(19)15-5-3-2-4-6-15;1-2/h3,5-10H,2,4,11-12H2,1H3;1-2H3. The van der Waals surface area contributed by atoms with Crippen LogP contribution >= 0.6 is 0 Å². The van der Waals surface area contributed by atoms with E-state index < -0.39 is 0 Å². The first kappa shape index (κ1) is 18.7. The van der Waals surface area contributed by atoms with E-state index in [1.54, 1.807) is 6.08 Å². The van der Waals surface area contributed by atoms with Crippen molar-refractivity contribution in [3.8, 4) is 0 Å². The average molecular weight is 316 g/mol. The second-order valence-corrected chi connectivity index (χ2v) is 4.78. The van der Waals surface area contributed by atoms with Crippen LogP contribution in [0.5, 0.6) is 0 Å². The van der Waals surface area contributed by atoms with Gasteiger partial charge in [-0.3, -0.25) is 4.79 Å². The Hall–Kier alpha value is -2.36. The second-order valence-electron chi connectivity index (χ2n) is 4.78. The van der Waals surface area contributed by atoms with E-state index in [2.05, 4.69) is 4.74 Å². The van der Waals surface area contributed by atoms with Crippen molar-refractivity contribution in [2.24, 2.45) is 0 Å². The number of methoxy groups -OCH3 is 1. The van der Waals surface area contributed by atoms with Gasteiger partial charge in [0.1, 0.15) is 6.61 Å². The molecule has 0 N–H and O–H groups in total. The van der Waals surface area contributed by atoms with Gasteiger partial charge >= 0.3 is 11.9 Å². The van der Waals surface area contributed by atoms with E-state index in [1.807, 2.05) is 50.3 Å². The zero-order chi connectivity index (χ0) is 17.1. The molecule has 0 saturated heterocycles. The minimum absolute atomic E-state index is 0.225. The lowest BCUT2D eigenvalue weighted by Crippen LogP contribution is -2.08. The summed E-state index contributed by atoms with van der Waals surface area (Å²) in [7, 11) is 1.37. The summed E-state index contributed by atoms with van der Waals surface area (Å²) >= 11 is 0. The monoisotopic (exact) mass is 316 g/mol. The van der Waals surface area contributed by atoms with Crippen molar-refractivity contribution in [2.45, 2.75) is 39.7 Å². The van der Waals surface area contributed by atoms with E-state index in [0.29, 0.717) is 5.57 Å². The Morgan fingerprint density at radius 2 is 1.70 bits per heavy atom. The van der Waals surface area contributed by atoms with Gasteiger partial charge in [-0.05, 0) is 24.0 Å². The molecule has 1 aromatic carbocycles. The van der Waals surface area contributed by atoms with Crippen molar-refractivity contribution >= 4 is 11.9 Å². The molecule has 0 unspecified atom stereocenters. The third-order valence-corrected chi connectivity index (χ3v) is 3.20. The van der Waals surface area contributed by atoms with Crippen LogP contribution in [0.15, 0.2) is 48.1 Å². The number of hydrogen-bond acceptors (Lipinski definition) is 4. The summed E-state index contributed by atoms with van der Waals surface area (Å²) in [5, 5.41) is 0. The zero-order valence-electron chi connectivity index (χ0n) is 14.0. The molecule has 2 rings (SSSR count). The van der Waals surface area contributed by atoms with Gasteiger partial charge in [-0.1, -0.05) is 56.3 Å². The predicted octanol–water partition coefficient (Wildman–Crippen LogP) is 3.75. The molecule has 0 aromatic heterocycles. The minimum Gasteiger partial charge on any atom is -0.469 e. The molecule has 0 aliphatic heterocycles. The second kappa shape index (κ2) is 10.4. The first-order valence-corrected chi connectivity index (χ1v) is 7.87. The van der Waals surface area contributed by atoms with Crippen LogP contribution in [0.4, 0.5) is 0 Å². The molecule has 0 heterocycles. The Kier molecular flexibility index (Phi) is 8.43. The van der Waals surface area contributed by atoms with Crippen molar-refractivity contribution in [3.63, 3.8) is 0 Å². The molecule has 0 radical (unpaired) electrons. The van der Waals surface area contributed by atoms with Gasteiger partial charge in [0, 0.05) is 0 Å². The van der Waals surface area contributed by atoms with Crippen molar-refractivity contribution in [3.05, 3.63) is 59.2 Å². The molecule has 0 bridgehead atoms. The summed E-state index contributed by atoms with van der Waals surface area (Å²) in [5.74, 6) is -0.574. The number of benzene rings is 1. The fourth-order valence-electron chi connectivity index (χ4n) is 1.99. The number of carbonyl (C=O) groups is 2. The van der Waals surface area contributed by atoms with Crippen LogP contribution in [0.2, 0.25) is 0 Å². The molecular weight excluding hydrogens is 292 g/mol. The van der Waals surface area contributed by atoms with Gasteiger partial charge in [0.25, 0.3) is 0 Å². The highest BCUT2D eigenvalue weighted by atomic mass is 16.5. The van der Waals surface area contributed by atoms with Crippen LogP contribution in [0, 0.1) is 0 Å². The molecule has 0 spiro atoms. The van der Waals surface area contributed by atoms with Crippen LogP contribution in [0.1, 0.15) is 37.8 Å². The highest BCUT2D eigenvalue weighted by molar-refractivity contribution is 5.91. The number of ether oxygens (including phenoxy) is 2. The Morgan fingerprint density at radius 1 is 1.04 bits per heavy atom. The van der Waals surface area contributed by atoms with Crippen molar-refractivity contribution in [1.82, 2.24) is 0 Å². The molecule has 1 aliphatic rings. The van der Waals surface area contributed by atoms with Crippen molar-refractivity contribution < 1.29 is 19.1 Å². The molecule has 0 atom stereocenters. The van der Waals surface area contributed by atoms with Gasteiger partial charge in [-0.25, -0.2) is 4.79 Å². The van der Waals surface area contributed by atoms with E-state index in [9.17, 15) is 9.59 Å². The SMILES string of the molecule is CC.COC(=O)Cc1ccc(COC(=O)C2=CCCC=C2)cc1. The molecule has 4 nitrogen and oxygen atoms in total. The Bertz CT molecular complexity index is 568. The molecule has 124 valence electrons. The Labute approximate surface area is 137 Å². The summed E-state index contributed by atoms with van der Waals surface area (Å²) in [6.07, 6.45) is 7.75. The maximum atomic E-state index is 11.8. The van der Waals surface area contributed by atoms with E-state index in [4.69, 9.17) is 4.74 Å². The van der Waals surface area contributed by atoms with Crippen LogP contribution in [0.25, 0.3) is 0 Å². The quantitative estimate of drug-likeness (QED) is 0.776. The molecule has 0 fully saturated rings. The maximum absolute atomic E-state index is 11.8. The molecule has 23 heavy (non-hydrogen) atoms. The summed E-state index contributed by atoms with van der Waals surface area (Å²) in [6.45, 7) is 4.22. The lowest BCUT2D eigenvalue weighted by molar-refractivity contribution is -0.140. The van der Waals surface area contributed by atoms with Crippen LogP contribution in [0.3, 0.4) is 0 Å². The zero-order valence-corrected chi connectivity index (χ0v) is 14.0. The third-order valence-electron chi connectivity index (χ3n) is 3.20. The lowest BCUT2D eigenvalue weighted by atomic mass is 10.1. The maximum Gasteiger partial charge on any atom is 0.338 e. The largest absolute Gasteiger partial charge is 0.469 e. The van der Waals surface area contributed by atoms with Gasteiger partial charge in [-0.15, -0.1) is 0 Å². The van der Waals surface area contributed by atoms with Gasteiger partial charge in [0.2, 0.25) is 0 Å². The number of allylic oxidation sites excluding steroid dienone is 2. The molecule has 0 saturated carbocycles. The van der Waals surface area contributed by atoms with Gasteiger partial charge in [0.05, 0.1) is 19.1 Å². The van der Waals surface area contributed by atoms with Crippen LogP contribution in [-0.4, -0.2) is 19.0 Å². The number of esters is 2. The topological polar surface area (TPSA) is 52.6 Å². The summed E-state index contributed by atoms with van der Waals surface area (Å²) < 4.78 is 9.87. The lowest BCUT2D eigenvalue weighted by Gasteiger charge is -2.08. The Balaban J connectivity index is 0.00000127. The molecule has 1 aliphatic carbocycles. The minimum atomic E-state index is -0.301. The Morgan fingerprint density at radius 3 is 2.26 bits per heavy atom. The fourth-order valence-corrected chi connectivity index (χ4v) is 1.99. The number of rotatable bonds is 5. The van der Waals surface area contributed by atoms with E-state index in [-0.39, 0.29) is 25.0 Å². The third kappa shape index (κ3) is 6.51. The van der Waals surface area contributed by atoms with E-state index in [0.717, 1.165) is 24.0 Å². The average Bonchev–Trinajstić information content (AvgIpc) is 2.63. The highest BCUT2D eigenvalue weighted by Gasteiger charge is 2.10.